The van der Waals surface area contributed by atoms with Gasteiger partial charge in [0.1, 0.15) is 6.33 Å². The van der Waals surface area contributed by atoms with E-state index in [1.54, 1.807) is 0 Å². The van der Waals surface area contributed by atoms with E-state index in [0.29, 0.717) is 13.1 Å². The predicted octanol–water partition coefficient (Wildman–Crippen LogP) is 1.31. The van der Waals surface area contributed by atoms with Crippen LogP contribution in [0.15, 0.2) is 55.0 Å². The van der Waals surface area contributed by atoms with E-state index in [2.05, 4.69) is 38.4 Å². The number of carbonyl (C=O) groups excluding carboxylic acids is 1. The summed E-state index contributed by atoms with van der Waals surface area (Å²) in [5.41, 5.74) is 3.17. The molecule has 1 amide bonds. The minimum atomic E-state index is -0.541. The Labute approximate surface area is 163 Å². The second kappa shape index (κ2) is 8.26. The Morgan fingerprint density at radius 3 is 2.54 bits per heavy atom. The molecule has 8 nitrogen and oxygen atoms in total. The predicted molar refractivity (Wildman–Crippen MR) is 103 cm³/mol. The normalized spacial score (nSPS) is 16.1. The van der Waals surface area contributed by atoms with Gasteiger partial charge in [0.15, 0.2) is 6.04 Å². The van der Waals surface area contributed by atoms with Gasteiger partial charge < -0.3 is 4.90 Å². The number of nitrogens with zero attached hydrogens (tertiary/aromatic N) is 7. The van der Waals surface area contributed by atoms with E-state index in [0.717, 1.165) is 30.9 Å². The number of aryl methyl sites for hydroxylation is 1. The number of aromatic nitrogens is 5. The number of pyridine rings is 1. The number of tetrazole rings is 1. The van der Waals surface area contributed by atoms with Gasteiger partial charge in [0.25, 0.3) is 5.91 Å². The van der Waals surface area contributed by atoms with E-state index in [9.17, 15) is 4.79 Å². The Morgan fingerprint density at radius 1 is 1.07 bits per heavy atom. The molecule has 1 unspecified atom stereocenters. The van der Waals surface area contributed by atoms with Gasteiger partial charge >= 0.3 is 0 Å². The highest BCUT2D eigenvalue weighted by atomic mass is 16.2. The molecule has 1 aromatic carbocycles. The largest absolute Gasteiger partial charge is 0.338 e. The highest BCUT2D eigenvalue weighted by Gasteiger charge is 2.30. The van der Waals surface area contributed by atoms with Crippen LogP contribution in [-0.2, 0) is 11.3 Å². The number of carbonyl (C=O) groups is 1. The van der Waals surface area contributed by atoms with Gasteiger partial charge in [-0.25, -0.2) is 4.68 Å². The van der Waals surface area contributed by atoms with Crippen molar-refractivity contribution in [3.63, 3.8) is 0 Å². The molecule has 1 fully saturated rings. The molecule has 28 heavy (non-hydrogen) atoms. The molecular formula is C20H23N7O. The second-order valence-electron chi connectivity index (χ2n) is 6.97. The van der Waals surface area contributed by atoms with Gasteiger partial charge in [0.05, 0.1) is 5.69 Å². The van der Waals surface area contributed by atoms with Crippen LogP contribution < -0.4 is 0 Å². The fourth-order valence-corrected chi connectivity index (χ4v) is 3.53. The highest BCUT2D eigenvalue weighted by molar-refractivity contribution is 5.83. The van der Waals surface area contributed by atoms with Crippen molar-refractivity contribution in [1.29, 1.82) is 0 Å². The van der Waals surface area contributed by atoms with E-state index in [1.807, 2.05) is 47.5 Å². The molecule has 1 aliphatic rings. The Balaban J connectivity index is 1.44. The average Bonchev–Trinajstić information content (AvgIpc) is 3.25. The Morgan fingerprint density at radius 2 is 1.86 bits per heavy atom. The van der Waals surface area contributed by atoms with Crippen molar-refractivity contribution in [2.24, 2.45) is 0 Å². The van der Waals surface area contributed by atoms with Crippen LogP contribution in [0.5, 0.6) is 0 Å². The molecular weight excluding hydrogens is 354 g/mol. The van der Waals surface area contributed by atoms with Gasteiger partial charge in [-0.2, -0.15) is 0 Å². The summed E-state index contributed by atoms with van der Waals surface area (Å²) in [6, 6.07) is 13.1. The first-order valence-electron chi connectivity index (χ1n) is 9.41. The monoisotopic (exact) mass is 377 g/mol. The van der Waals surface area contributed by atoms with Gasteiger partial charge in [-0.05, 0) is 34.5 Å². The highest BCUT2D eigenvalue weighted by Crippen LogP contribution is 2.21. The van der Waals surface area contributed by atoms with Crippen molar-refractivity contribution < 1.29 is 4.79 Å². The van der Waals surface area contributed by atoms with E-state index in [-0.39, 0.29) is 5.91 Å². The van der Waals surface area contributed by atoms with E-state index >= 15 is 0 Å². The minimum absolute atomic E-state index is 0.0205. The van der Waals surface area contributed by atoms with Gasteiger partial charge in [-0.1, -0.05) is 36.4 Å². The summed E-state index contributed by atoms with van der Waals surface area (Å²) in [5.74, 6) is 0.0205. The summed E-state index contributed by atoms with van der Waals surface area (Å²) in [6.07, 6.45) is 3.33. The fourth-order valence-electron chi connectivity index (χ4n) is 3.53. The third kappa shape index (κ3) is 3.91. The molecule has 4 rings (SSSR count). The minimum Gasteiger partial charge on any atom is -0.338 e. The molecule has 0 N–H and O–H groups in total. The number of hydrogen-bond acceptors (Lipinski definition) is 6. The number of hydrogen-bond donors (Lipinski definition) is 0. The molecule has 3 aromatic rings. The maximum atomic E-state index is 13.3. The molecule has 0 saturated carbocycles. The van der Waals surface area contributed by atoms with Crippen molar-refractivity contribution in [2.45, 2.75) is 19.5 Å². The topological polar surface area (TPSA) is 80.0 Å². The number of piperazine rings is 1. The standard InChI is InChI=1S/C20H23N7O/c1-16-6-5-9-21-18(16)14-25-10-12-26(13-11-25)20(28)19(27-15-22-23-24-27)17-7-3-2-4-8-17/h2-9,15,19H,10-14H2,1H3. The summed E-state index contributed by atoms with van der Waals surface area (Å²) in [6.45, 7) is 5.88. The van der Waals surface area contributed by atoms with Crippen LogP contribution in [0.4, 0.5) is 0 Å². The molecule has 1 atom stereocenters. The van der Waals surface area contributed by atoms with Crippen LogP contribution in [0.25, 0.3) is 0 Å². The number of benzene rings is 1. The van der Waals surface area contributed by atoms with Gasteiger partial charge in [0, 0.05) is 38.9 Å². The molecule has 2 aromatic heterocycles. The summed E-state index contributed by atoms with van der Waals surface area (Å²) < 4.78 is 1.53. The zero-order valence-electron chi connectivity index (χ0n) is 15.8. The lowest BCUT2D eigenvalue weighted by atomic mass is 10.1. The van der Waals surface area contributed by atoms with Crippen molar-refractivity contribution in [1.82, 2.24) is 35.0 Å². The van der Waals surface area contributed by atoms with E-state index in [1.165, 1.54) is 16.6 Å². The van der Waals surface area contributed by atoms with Crippen LogP contribution in [0.1, 0.15) is 22.9 Å². The first-order valence-corrected chi connectivity index (χ1v) is 9.41. The zero-order chi connectivity index (χ0) is 19.3. The van der Waals surface area contributed by atoms with Crippen LogP contribution in [0.2, 0.25) is 0 Å². The summed E-state index contributed by atoms with van der Waals surface area (Å²) in [5, 5.41) is 11.4. The summed E-state index contributed by atoms with van der Waals surface area (Å²) >= 11 is 0. The lowest BCUT2D eigenvalue weighted by Crippen LogP contribution is -2.50. The molecule has 0 radical (unpaired) electrons. The van der Waals surface area contributed by atoms with Crippen molar-refractivity contribution in [3.05, 3.63) is 71.8 Å². The Hall–Kier alpha value is -3.13. The van der Waals surface area contributed by atoms with Gasteiger partial charge in [-0.15, -0.1) is 5.10 Å². The first kappa shape index (κ1) is 18.2. The summed E-state index contributed by atoms with van der Waals surface area (Å²) in [7, 11) is 0. The van der Waals surface area contributed by atoms with Crippen molar-refractivity contribution in [2.75, 3.05) is 26.2 Å². The second-order valence-corrected chi connectivity index (χ2v) is 6.97. The molecule has 8 heteroatoms. The molecule has 144 valence electrons. The van der Waals surface area contributed by atoms with Crippen LogP contribution in [0.3, 0.4) is 0 Å². The fraction of sp³-hybridized carbons (Fsp3) is 0.350. The molecule has 3 heterocycles. The molecule has 0 spiro atoms. The van der Waals surface area contributed by atoms with E-state index < -0.39 is 6.04 Å². The van der Waals surface area contributed by atoms with Crippen molar-refractivity contribution >= 4 is 5.91 Å². The van der Waals surface area contributed by atoms with E-state index in [4.69, 9.17) is 0 Å². The first-order chi connectivity index (χ1) is 13.7. The number of amides is 1. The molecule has 0 bridgehead atoms. The molecule has 0 aliphatic carbocycles. The van der Waals surface area contributed by atoms with Gasteiger partial charge in [-0.3, -0.25) is 14.7 Å². The average molecular weight is 377 g/mol. The third-order valence-corrected chi connectivity index (χ3v) is 5.15. The van der Waals surface area contributed by atoms with Crippen LogP contribution >= 0.6 is 0 Å². The molecule has 1 saturated heterocycles. The Kier molecular flexibility index (Phi) is 5.38. The molecule has 1 aliphatic heterocycles. The van der Waals surface area contributed by atoms with Crippen LogP contribution in [-0.4, -0.2) is 67.1 Å². The van der Waals surface area contributed by atoms with Crippen molar-refractivity contribution in [3.8, 4) is 0 Å². The lowest BCUT2D eigenvalue weighted by molar-refractivity contribution is -0.135. The Bertz CT molecular complexity index is 905. The number of rotatable bonds is 5. The lowest BCUT2D eigenvalue weighted by Gasteiger charge is -2.36. The van der Waals surface area contributed by atoms with Gasteiger partial charge in [0.2, 0.25) is 0 Å². The quantitative estimate of drug-likeness (QED) is 0.667. The SMILES string of the molecule is Cc1cccnc1CN1CCN(C(=O)C(c2ccccc2)n2cnnn2)CC1. The third-order valence-electron chi connectivity index (χ3n) is 5.15. The van der Waals surface area contributed by atoms with Crippen LogP contribution in [0, 0.1) is 6.92 Å². The summed E-state index contributed by atoms with van der Waals surface area (Å²) in [4.78, 5) is 22.0. The maximum Gasteiger partial charge on any atom is 0.252 e. The zero-order valence-corrected chi connectivity index (χ0v) is 15.8. The smallest absolute Gasteiger partial charge is 0.252 e. The maximum absolute atomic E-state index is 13.3.